The van der Waals surface area contributed by atoms with Gasteiger partial charge in [0.15, 0.2) is 0 Å². The highest BCUT2D eigenvalue weighted by molar-refractivity contribution is 5.97. The van der Waals surface area contributed by atoms with Gasteiger partial charge >= 0.3 is 0 Å². The van der Waals surface area contributed by atoms with Gasteiger partial charge in [0.1, 0.15) is 5.78 Å². The lowest BCUT2D eigenvalue weighted by atomic mass is 10.2. The molecule has 0 radical (unpaired) electrons. The lowest BCUT2D eigenvalue weighted by molar-refractivity contribution is -0.727. The lowest BCUT2D eigenvalue weighted by Crippen LogP contribution is -2.11. The van der Waals surface area contributed by atoms with Crippen LogP contribution in [0, 0.1) is 5.21 Å². The largest absolute Gasteiger partial charge is 0.418 e. The minimum Gasteiger partial charge on any atom is -0.418 e. The van der Waals surface area contributed by atoms with Crippen molar-refractivity contribution in [3.05, 3.63) is 5.21 Å². The van der Waals surface area contributed by atoms with Gasteiger partial charge in [-0.05, 0) is 6.92 Å². The molecule has 4 heteroatoms. The fourth-order valence-corrected chi connectivity index (χ4v) is 0.428. The van der Waals surface area contributed by atoms with Gasteiger partial charge in [0.2, 0.25) is 5.71 Å². The fraction of sp³-hybridized carbons (Fsp3) is 0.600. The van der Waals surface area contributed by atoms with Crippen molar-refractivity contribution >= 4 is 11.5 Å². The summed E-state index contributed by atoms with van der Waals surface area (Å²) in [7, 11) is 0. The molecule has 0 aromatic carbocycles. The highest BCUT2D eigenvalue weighted by Gasteiger charge is 2.05. The van der Waals surface area contributed by atoms with Crippen molar-refractivity contribution in [2.45, 2.75) is 20.3 Å². The van der Waals surface area contributed by atoms with E-state index in [0.29, 0.717) is 0 Å². The van der Waals surface area contributed by atoms with Crippen molar-refractivity contribution in [3.8, 4) is 0 Å². The van der Waals surface area contributed by atoms with E-state index in [4.69, 9.17) is 5.21 Å². The van der Waals surface area contributed by atoms with E-state index in [1.54, 1.807) is 0 Å². The Labute approximate surface area is 53.0 Å². The Balaban J connectivity index is 3.92. The second-order valence-electron chi connectivity index (χ2n) is 1.89. The molecule has 52 valence electrons. The smallest absolute Gasteiger partial charge is 0.225 e. The number of Topliss-reactive ketones (excluding diaryl/α,β-unsaturated/α-hetero) is 1. The van der Waals surface area contributed by atoms with Crippen molar-refractivity contribution in [2.24, 2.45) is 0 Å². The standard InChI is InChI=1S/C5H9NO3/c1-4(6(8)9)3-5(2)7/h3H2,1-2H3,(H,8,9). The Morgan fingerprint density at radius 3 is 2.22 bits per heavy atom. The summed E-state index contributed by atoms with van der Waals surface area (Å²) in [6.07, 6.45) is 0.0139. The minimum atomic E-state index is -0.290. The van der Waals surface area contributed by atoms with Gasteiger partial charge in [-0.1, -0.05) is 0 Å². The number of nitrogens with zero attached hydrogens (tertiary/aromatic N) is 1. The van der Waals surface area contributed by atoms with Crippen LogP contribution in [0.1, 0.15) is 20.3 Å². The number of hydrogen-bond donors (Lipinski definition) is 1. The number of hydrogen-bond acceptors (Lipinski definition) is 3. The number of carbonyl (C=O) groups is 1. The Kier molecular flexibility index (Phi) is 2.70. The summed E-state index contributed by atoms with van der Waals surface area (Å²) in [5.74, 6) is -0.137. The van der Waals surface area contributed by atoms with Crippen molar-refractivity contribution in [3.63, 3.8) is 0 Å². The van der Waals surface area contributed by atoms with Gasteiger partial charge in [-0.25, -0.2) is 0 Å². The minimum absolute atomic E-state index is 0.0139. The summed E-state index contributed by atoms with van der Waals surface area (Å²) in [6, 6.07) is 0. The molecule has 0 aromatic heterocycles. The van der Waals surface area contributed by atoms with Crippen LogP contribution in [0.3, 0.4) is 0 Å². The molecule has 0 unspecified atom stereocenters. The first kappa shape index (κ1) is 7.94. The monoisotopic (exact) mass is 131 g/mol. The summed E-state index contributed by atoms with van der Waals surface area (Å²) in [5.41, 5.74) is 0.113. The maximum Gasteiger partial charge on any atom is 0.225 e. The SMILES string of the molecule is CC(=O)C/C(C)=[N+](/[O-])O. The first-order valence-corrected chi connectivity index (χ1v) is 2.52. The van der Waals surface area contributed by atoms with Crippen LogP contribution >= 0.6 is 0 Å². The predicted molar refractivity (Wildman–Crippen MR) is 31.4 cm³/mol. The Morgan fingerprint density at radius 1 is 1.67 bits per heavy atom. The molecule has 0 fully saturated rings. The molecule has 0 rings (SSSR count). The van der Waals surface area contributed by atoms with Crippen LogP contribution in [0.2, 0.25) is 0 Å². The third-order valence-electron chi connectivity index (χ3n) is 0.831. The molecule has 0 aliphatic carbocycles. The van der Waals surface area contributed by atoms with E-state index in [0.717, 1.165) is 0 Å². The van der Waals surface area contributed by atoms with E-state index < -0.39 is 0 Å². The van der Waals surface area contributed by atoms with E-state index in [1.807, 2.05) is 0 Å². The van der Waals surface area contributed by atoms with Gasteiger partial charge in [-0.2, -0.15) is 0 Å². The molecule has 9 heavy (non-hydrogen) atoms. The third-order valence-corrected chi connectivity index (χ3v) is 0.831. The Morgan fingerprint density at radius 2 is 2.11 bits per heavy atom. The maximum atomic E-state index is 10.3. The topological polar surface area (TPSA) is 63.4 Å². The lowest BCUT2D eigenvalue weighted by Gasteiger charge is -1.90. The maximum absolute atomic E-state index is 10.3. The quantitative estimate of drug-likeness (QED) is 0.254. The summed E-state index contributed by atoms with van der Waals surface area (Å²) in [4.78, 5) is 9.97. The van der Waals surface area contributed by atoms with Gasteiger partial charge in [0.25, 0.3) is 0 Å². The summed E-state index contributed by atoms with van der Waals surface area (Å²) in [5, 5.41) is 18.1. The van der Waals surface area contributed by atoms with Crippen LogP contribution in [0.4, 0.5) is 0 Å². The van der Waals surface area contributed by atoms with Crippen molar-refractivity contribution in [2.75, 3.05) is 0 Å². The Hall–Kier alpha value is -1.06. The molecule has 4 nitrogen and oxygen atoms in total. The van der Waals surface area contributed by atoms with Crippen molar-refractivity contribution < 1.29 is 14.9 Å². The van der Waals surface area contributed by atoms with E-state index in [2.05, 4.69) is 0 Å². The van der Waals surface area contributed by atoms with E-state index >= 15 is 0 Å². The molecule has 0 aliphatic heterocycles. The highest BCUT2D eigenvalue weighted by Crippen LogP contribution is 1.84. The number of ketones is 1. The third kappa shape index (κ3) is 3.52. The molecule has 0 atom stereocenters. The number of carbonyl (C=O) groups excluding carboxylic acids is 1. The summed E-state index contributed by atoms with van der Waals surface area (Å²) >= 11 is 0. The first-order chi connectivity index (χ1) is 4.04. The molecule has 0 aliphatic rings. The van der Waals surface area contributed by atoms with E-state index in [1.165, 1.54) is 13.8 Å². The molecule has 0 heterocycles. The van der Waals surface area contributed by atoms with Crippen LogP contribution < -0.4 is 0 Å². The zero-order chi connectivity index (χ0) is 7.44. The molecule has 0 amide bonds. The Bertz CT molecular complexity index is 146. The number of rotatable bonds is 2. The van der Waals surface area contributed by atoms with Crippen LogP contribution in [-0.2, 0) is 4.79 Å². The van der Waals surface area contributed by atoms with Crippen LogP contribution in [0.25, 0.3) is 0 Å². The van der Waals surface area contributed by atoms with Gasteiger partial charge < -0.3 is 5.21 Å². The molecule has 1 N–H and O–H groups in total. The molecular weight excluding hydrogens is 122 g/mol. The van der Waals surface area contributed by atoms with Crippen LogP contribution in [0.15, 0.2) is 0 Å². The summed E-state index contributed by atoms with van der Waals surface area (Å²) < 4.78 is 0. The van der Waals surface area contributed by atoms with Crippen molar-refractivity contribution in [1.29, 1.82) is 0 Å². The second kappa shape index (κ2) is 3.06. The van der Waals surface area contributed by atoms with E-state index in [-0.39, 0.29) is 22.8 Å². The van der Waals surface area contributed by atoms with Gasteiger partial charge in [0.05, 0.1) is 6.42 Å². The fourth-order valence-electron chi connectivity index (χ4n) is 0.428. The first-order valence-electron chi connectivity index (χ1n) is 2.52. The zero-order valence-corrected chi connectivity index (χ0v) is 5.42. The van der Waals surface area contributed by atoms with Gasteiger partial charge in [-0.3, -0.25) is 10.0 Å². The summed E-state index contributed by atoms with van der Waals surface area (Å²) in [6.45, 7) is 2.75. The average molecular weight is 131 g/mol. The van der Waals surface area contributed by atoms with Crippen LogP contribution in [-0.4, -0.2) is 21.6 Å². The molecular formula is C5H9NO3. The van der Waals surface area contributed by atoms with E-state index in [9.17, 15) is 10.0 Å². The second-order valence-corrected chi connectivity index (χ2v) is 1.89. The average Bonchev–Trinajstić information content (AvgIpc) is 1.63. The molecule has 0 aromatic rings. The van der Waals surface area contributed by atoms with Gasteiger partial charge in [0, 0.05) is 11.8 Å². The van der Waals surface area contributed by atoms with Gasteiger partial charge in [-0.15, -0.1) is 0 Å². The van der Waals surface area contributed by atoms with Crippen LogP contribution in [0.5, 0.6) is 0 Å². The predicted octanol–water partition coefficient (Wildman–Crippen LogP) is 0.326. The highest BCUT2D eigenvalue weighted by atomic mass is 16.8. The molecule has 0 spiro atoms. The molecule has 0 saturated heterocycles. The molecule has 0 bridgehead atoms. The zero-order valence-electron chi connectivity index (χ0n) is 5.42. The van der Waals surface area contributed by atoms with Crippen molar-refractivity contribution in [1.82, 2.24) is 0 Å². The normalized spacial score (nSPS) is 12.7. The molecule has 0 saturated carbocycles.